The number of esters is 1. The monoisotopic (exact) mass is 674 g/mol. The van der Waals surface area contributed by atoms with E-state index in [4.69, 9.17) is 12.2 Å². The maximum Gasteiger partial charge on any atom is 0.337 e. The van der Waals surface area contributed by atoms with Gasteiger partial charge in [0.2, 0.25) is 5.91 Å². The minimum Gasteiger partial charge on any atom is -0.465 e. The van der Waals surface area contributed by atoms with Crippen LogP contribution in [-0.2, 0) is 14.3 Å². The molecule has 1 aliphatic rings. The molecule has 0 saturated carbocycles. The van der Waals surface area contributed by atoms with Gasteiger partial charge in [-0.15, -0.1) is 0 Å². The SMILES string of the molecule is COC(=O)c1ccc(/C=C2\SC(=S)N(CCCC(=O)Nc3c(Br)cc(Br)cc3Br)C2=O)cc1. The first-order valence-electron chi connectivity index (χ1n) is 9.57. The summed E-state index contributed by atoms with van der Waals surface area (Å²) >= 11 is 16.8. The summed E-state index contributed by atoms with van der Waals surface area (Å²) in [6.07, 6.45) is 2.43. The van der Waals surface area contributed by atoms with Gasteiger partial charge >= 0.3 is 5.97 Å². The van der Waals surface area contributed by atoms with Crippen molar-refractivity contribution < 1.29 is 19.1 Å². The van der Waals surface area contributed by atoms with E-state index in [-0.39, 0.29) is 18.2 Å². The Bertz CT molecular complexity index is 1130. The summed E-state index contributed by atoms with van der Waals surface area (Å²) in [7, 11) is 1.32. The summed E-state index contributed by atoms with van der Waals surface area (Å²) < 4.78 is 7.52. The summed E-state index contributed by atoms with van der Waals surface area (Å²) in [5.41, 5.74) is 1.85. The fraction of sp³-hybridized carbons (Fsp3) is 0.182. The number of carbonyl (C=O) groups excluding carboxylic acids is 3. The molecule has 3 rings (SSSR count). The van der Waals surface area contributed by atoms with E-state index in [1.807, 2.05) is 12.1 Å². The number of hydrogen-bond donors (Lipinski definition) is 1. The van der Waals surface area contributed by atoms with Crippen LogP contribution in [0.4, 0.5) is 5.69 Å². The third-order valence-electron chi connectivity index (χ3n) is 4.56. The normalized spacial score (nSPS) is 14.7. The van der Waals surface area contributed by atoms with Crippen LogP contribution in [0.3, 0.4) is 0 Å². The molecule has 0 atom stereocenters. The van der Waals surface area contributed by atoms with Gasteiger partial charge in [-0.1, -0.05) is 52.0 Å². The van der Waals surface area contributed by atoms with Gasteiger partial charge in [0.15, 0.2) is 0 Å². The lowest BCUT2D eigenvalue weighted by molar-refractivity contribution is -0.122. The number of methoxy groups -OCH3 is 1. The lowest BCUT2D eigenvalue weighted by Gasteiger charge is -2.14. The summed E-state index contributed by atoms with van der Waals surface area (Å²) in [6.45, 7) is 0.347. The predicted octanol–water partition coefficient (Wildman–Crippen LogP) is 6.38. The summed E-state index contributed by atoms with van der Waals surface area (Å²) in [4.78, 5) is 38.7. The van der Waals surface area contributed by atoms with Crippen LogP contribution in [0.1, 0.15) is 28.8 Å². The molecular weight excluding hydrogens is 660 g/mol. The number of benzene rings is 2. The van der Waals surface area contributed by atoms with Crippen LogP contribution in [0.15, 0.2) is 54.7 Å². The van der Waals surface area contributed by atoms with Gasteiger partial charge in [-0.05, 0) is 74.2 Å². The minimum absolute atomic E-state index is 0.162. The largest absolute Gasteiger partial charge is 0.465 e. The number of nitrogens with one attached hydrogen (secondary N) is 1. The van der Waals surface area contributed by atoms with Crippen molar-refractivity contribution in [2.45, 2.75) is 12.8 Å². The molecule has 1 heterocycles. The zero-order valence-electron chi connectivity index (χ0n) is 17.2. The molecule has 11 heteroatoms. The number of hydrogen-bond acceptors (Lipinski definition) is 6. The maximum atomic E-state index is 12.8. The van der Waals surface area contributed by atoms with Crippen LogP contribution in [0.2, 0.25) is 0 Å². The van der Waals surface area contributed by atoms with E-state index < -0.39 is 5.97 Å². The highest BCUT2D eigenvalue weighted by Crippen LogP contribution is 2.35. The van der Waals surface area contributed by atoms with Crippen molar-refractivity contribution in [3.05, 3.63) is 65.8 Å². The topological polar surface area (TPSA) is 75.7 Å². The van der Waals surface area contributed by atoms with Crippen molar-refractivity contribution in [2.24, 2.45) is 0 Å². The molecule has 0 spiro atoms. The molecule has 1 N–H and O–H groups in total. The maximum absolute atomic E-state index is 12.8. The molecule has 6 nitrogen and oxygen atoms in total. The lowest BCUT2D eigenvalue weighted by atomic mass is 10.1. The third kappa shape index (κ3) is 6.75. The van der Waals surface area contributed by atoms with Gasteiger partial charge in [0.05, 0.1) is 23.3 Å². The number of ether oxygens (including phenoxy) is 1. The lowest BCUT2D eigenvalue weighted by Crippen LogP contribution is -2.29. The number of nitrogens with zero attached hydrogens (tertiary/aromatic N) is 1. The first-order chi connectivity index (χ1) is 15.7. The van der Waals surface area contributed by atoms with Gasteiger partial charge in [0, 0.05) is 26.4 Å². The number of halogens is 3. The molecule has 2 aromatic rings. The summed E-state index contributed by atoms with van der Waals surface area (Å²) in [5.74, 6) is -0.775. The standard InChI is InChI=1S/C22H17Br3N2O4S2/c1-31-21(30)13-6-4-12(5-7-13)9-17-20(29)27(22(32)33-17)8-2-3-18(28)26-19-15(24)10-14(23)11-16(19)25/h4-7,9-11H,2-3,8H2,1H3,(H,26,28)/b17-9-. The van der Waals surface area contributed by atoms with Crippen molar-refractivity contribution in [1.29, 1.82) is 0 Å². The minimum atomic E-state index is -0.420. The fourth-order valence-corrected chi connectivity index (χ4v) is 6.70. The van der Waals surface area contributed by atoms with Crippen LogP contribution >= 0.6 is 71.8 Å². The molecule has 0 aliphatic carbocycles. The Hall–Kier alpha value is -1.53. The second-order valence-corrected chi connectivity index (χ2v) is 11.1. The highest BCUT2D eigenvalue weighted by molar-refractivity contribution is 9.11. The van der Waals surface area contributed by atoms with Gasteiger partial charge in [-0.3, -0.25) is 14.5 Å². The Morgan fingerprint density at radius 3 is 2.39 bits per heavy atom. The van der Waals surface area contributed by atoms with E-state index >= 15 is 0 Å². The molecule has 0 bridgehead atoms. The van der Waals surface area contributed by atoms with Crippen molar-refractivity contribution >= 4 is 106 Å². The highest BCUT2D eigenvalue weighted by atomic mass is 79.9. The van der Waals surface area contributed by atoms with Crippen LogP contribution < -0.4 is 5.32 Å². The smallest absolute Gasteiger partial charge is 0.337 e. The molecule has 2 aromatic carbocycles. The van der Waals surface area contributed by atoms with Crippen LogP contribution in [0, 0.1) is 0 Å². The van der Waals surface area contributed by atoms with E-state index in [1.54, 1.807) is 30.3 Å². The number of amides is 2. The molecule has 1 aliphatic heterocycles. The molecule has 0 aromatic heterocycles. The molecule has 0 radical (unpaired) electrons. The Balaban J connectivity index is 1.56. The van der Waals surface area contributed by atoms with Crippen molar-refractivity contribution in [3.63, 3.8) is 0 Å². The zero-order valence-corrected chi connectivity index (χ0v) is 23.6. The number of rotatable bonds is 7. The van der Waals surface area contributed by atoms with E-state index in [1.165, 1.54) is 23.8 Å². The first-order valence-corrected chi connectivity index (χ1v) is 13.2. The molecule has 2 amide bonds. The average molecular weight is 677 g/mol. The molecule has 1 fully saturated rings. The first kappa shape index (κ1) is 26.1. The van der Waals surface area contributed by atoms with Crippen LogP contribution in [0.5, 0.6) is 0 Å². The van der Waals surface area contributed by atoms with E-state index in [2.05, 4.69) is 57.8 Å². The number of carbonyl (C=O) groups is 3. The Labute approximate surface area is 225 Å². The number of thioether (sulfide) groups is 1. The van der Waals surface area contributed by atoms with Crippen molar-refractivity contribution in [3.8, 4) is 0 Å². The van der Waals surface area contributed by atoms with Crippen molar-refractivity contribution in [2.75, 3.05) is 19.0 Å². The van der Waals surface area contributed by atoms with Gasteiger partial charge in [-0.25, -0.2) is 4.79 Å². The third-order valence-corrected chi connectivity index (χ3v) is 7.65. The highest BCUT2D eigenvalue weighted by Gasteiger charge is 2.31. The van der Waals surface area contributed by atoms with E-state index in [0.29, 0.717) is 33.4 Å². The van der Waals surface area contributed by atoms with Gasteiger partial charge < -0.3 is 10.1 Å². The Kier molecular flexibility index (Phi) is 9.28. The van der Waals surface area contributed by atoms with Gasteiger partial charge in [-0.2, -0.15) is 0 Å². The van der Waals surface area contributed by atoms with E-state index in [0.717, 1.165) is 19.0 Å². The average Bonchev–Trinajstić information content (AvgIpc) is 3.03. The molecule has 0 unspecified atom stereocenters. The fourth-order valence-electron chi connectivity index (χ4n) is 2.94. The van der Waals surface area contributed by atoms with E-state index in [9.17, 15) is 14.4 Å². The summed E-state index contributed by atoms with van der Waals surface area (Å²) in [5, 5.41) is 2.87. The quantitative estimate of drug-likeness (QED) is 0.209. The summed E-state index contributed by atoms with van der Waals surface area (Å²) in [6, 6.07) is 10.4. The predicted molar refractivity (Wildman–Crippen MR) is 145 cm³/mol. The second-order valence-electron chi connectivity index (χ2n) is 6.84. The Morgan fingerprint density at radius 2 is 1.79 bits per heavy atom. The number of anilines is 1. The zero-order chi connectivity index (χ0) is 24.1. The second kappa shape index (κ2) is 11.7. The molecule has 1 saturated heterocycles. The Morgan fingerprint density at radius 1 is 1.15 bits per heavy atom. The molecule has 33 heavy (non-hydrogen) atoms. The van der Waals surface area contributed by atoms with Gasteiger partial charge in [0.1, 0.15) is 4.32 Å². The molecular formula is C22H17Br3N2O4S2. The molecule has 172 valence electrons. The van der Waals surface area contributed by atoms with Crippen LogP contribution in [0.25, 0.3) is 6.08 Å². The van der Waals surface area contributed by atoms with Crippen LogP contribution in [-0.4, -0.2) is 40.7 Å². The number of thiocarbonyl (C=S) groups is 1. The van der Waals surface area contributed by atoms with Gasteiger partial charge in [0.25, 0.3) is 5.91 Å². The van der Waals surface area contributed by atoms with Crippen molar-refractivity contribution in [1.82, 2.24) is 4.90 Å².